The van der Waals surface area contributed by atoms with Crippen molar-refractivity contribution in [2.75, 3.05) is 6.54 Å². The summed E-state index contributed by atoms with van der Waals surface area (Å²) in [6.45, 7) is 11.5. The van der Waals surface area contributed by atoms with Gasteiger partial charge in [0.1, 0.15) is 0 Å². The third-order valence-electron chi connectivity index (χ3n) is 3.41. The van der Waals surface area contributed by atoms with Gasteiger partial charge in [-0.2, -0.15) is 0 Å². The fourth-order valence-corrected chi connectivity index (χ4v) is 2.89. The maximum absolute atomic E-state index is 13.9. The zero-order valence-electron chi connectivity index (χ0n) is 13.3. The summed E-state index contributed by atoms with van der Waals surface area (Å²) in [5.74, 6) is -1.04. The van der Waals surface area contributed by atoms with Gasteiger partial charge in [0.25, 0.3) is 0 Å². The Morgan fingerprint density at radius 3 is 2.40 bits per heavy atom. The van der Waals surface area contributed by atoms with Crippen LogP contribution in [0, 0.1) is 23.0 Å². The van der Waals surface area contributed by atoms with Crippen LogP contribution < -0.4 is 5.32 Å². The predicted octanol–water partition coefficient (Wildman–Crippen LogP) is 5.08. The van der Waals surface area contributed by atoms with E-state index in [1.54, 1.807) is 12.1 Å². The minimum Gasteiger partial charge on any atom is -0.310 e. The standard InChI is InChI=1S/C17H27F2N/c1-6-20-15(10-12(2)11-17(3,4)5)13-8-7-9-14(18)16(13)19/h7-9,12,15,20H,6,10-11H2,1-5H3. The maximum atomic E-state index is 13.9. The summed E-state index contributed by atoms with van der Waals surface area (Å²) in [6, 6.07) is 4.29. The van der Waals surface area contributed by atoms with E-state index in [2.05, 4.69) is 33.0 Å². The van der Waals surface area contributed by atoms with Crippen molar-refractivity contribution in [2.45, 2.75) is 53.5 Å². The second-order valence-electron chi connectivity index (χ2n) is 6.86. The predicted molar refractivity (Wildman–Crippen MR) is 80.6 cm³/mol. The van der Waals surface area contributed by atoms with E-state index in [0.29, 0.717) is 11.5 Å². The Morgan fingerprint density at radius 1 is 1.20 bits per heavy atom. The molecule has 1 N–H and O–H groups in total. The van der Waals surface area contributed by atoms with Gasteiger partial charge >= 0.3 is 0 Å². The van der Waals surface area contributed by atoms with Gasteiger partial charge in [0.2, 0.25) is 0 Å². The molecule has 1 aromatic rings. The SMILES string of the molecule is CCNC(CC(C)CC(C)(C)C)c1cccc(F)c1F. The highest BCUT2D eigenvalue weighted by Crippen LogP contribution is 2.31. The second kappa shape index (κ2) is 7.16. The van der Waals surface area contributed by atoms with Crippen LogP contribution in [-0.2, 0) is 0 Å². The normalized spacial score (nSPS) is 15.2. The van der Waals surface area contributed by atoms with Crippen molar-refractivity contribution >= 4 is 0 Å². The highest BCUT2D eigenvalue weighted by Gasteiger charge is 2.22. The first-order valence-corrected chi connectivity index (χ1v) is 7.42. The molecular formula is C17H27F2N. The van der Waals surface area contributed by atoms with Crippen molar-refractivity contribution in [3.05, 3.63) is 35.4 Å². The molecule has 1 nitrogen and oxygen atoms in total. The van der Waals surface area contributed by atoms with E-state index in [1.165, 1.54) is 6.07 Å². The van der Waals surface area contributed by atoms with Crippen LogP contribution in [0.15, 0.2) is 18.2 Å². The molecule has 0 aromatic heterocycles. The Morgan fingerprint density at radius 2 is 1.85 bits per heavy atom. The summed E-state index contributed by atoms with van der Waals surface area (Å²) < 4.78 is 27.3. The summed E-state index contributed by atoms with van der Waals surface area (Å²) in [7, 11) is 0. The average Bonchev–Trinajstić information content (AvgIpc) is 2.30. The molecule has 1 rings (SSSR count). The van der Waals surface area contributed by atoms with E-state index >= 15 is 0 Å². The lowest BCUT2D eigenvalue weighted by molar-refractivity contribution is 0.274. The lowest BCUT2D eigenvalue weighted by Gasteiger charge is -2.27. The Hall–Kier alpha value is -0.960. The van der Waals surface area contributed by atoms with Gasteiger partial charge in [0, 0.05) is 11.6 Å². The molecule has 1 aromatic carbocycles. The molecule has 2 atom stereocenters. The summed E-state index contributed by atoms with van der Waals surface area (Å²) in [5, 5.41) is 3.28. The van der Waals surface area contributed by atoms with E-state index in [4.69, 9.17) is 0 Å². The summed E-state index contributed by atoms with van der Waals surface area (Å²) in [5.41, 5.74) is 0.684. The lowest BCUT2D eigenvalue weighted by Crippen LogP contribution is -2.25. The third kappa shape index (κ3) is 5.20. The third-order valence-corrected chi connectivity index (χ3v) is 3.41. The highest BCUT2D eigenvalue weighted by atomic mass is 19.2. The Balaban J connectivity index is 2.86. The Bertz CT molecular complexity index is 423. The second-order valence-corrected chi connectivity index (χ2v) is 6.86. The van der Waals surface area contributed by atoms with Crippen LogP contribution in [-0.4, -0.2) is 6.54 Å². The molecular weight excluding hydrogens is 256 g/mol. The van der Waals surface area contributed by atoms with Gasteiger partial charge in [-0.05, 0) is 36.8 Å². The van der Waals surface area contributed by atoms with Gasteiger partial charge < -0.3 is 5.32 Å². The van der Waals surface area contributed by atoms with Gasteiger partial charge in [-0.1, -0.05) is 46.8 Å². The number of rotatable bonds is 6. The van der Waals surface area contributed by atoms with Gasteiger partial charge in [0.05, 0.1) is 0 Å². The van der Waals surface area contributed by atoms with Crippen molar-refractivity contribution in [1.82, 2.24) is 5.32 Å². The van der Waals surface area contributed by atoms with Crippen molar-refractivity contribution in [3.63, 3.8) is 0 Å². The minimum absolute atomic E-state index is 0.131. The molecule has 0 heterocycles. The zero-order chi connectivity index (χ0) is 15.3. The fourth-order valence-electron chi connectivity index (χ4n) is 2.89. The molecule has 0 bridgehead atoms. The fraction of sp³-hybridized carbons (Fsp3) is 0.647. The van der Waals surface area contributed by atoms with Gasteiger partial charge in [-0.15, -0.1) is 0 Å². The van der Waals surface area contributed by atoms with Crippen molar-refractivity contribution in [1.29, 1.82) is 0 Å². The topological polar surface area (TPSA) is 12.0 Å². The lowest BCUT2D eigenvalue weighted by atomic mass is 9.82. The van der Waals surface area contributed by atoms with E-state index in [9.17, 15) is 8.78 Å². The molecule has 0 spiro atoms. The number of benzene rings is 1. The molecule has 0 saturated carbocycles. The van der Waals surface area contributed by atoms with Crippen LogP contribution in [0.4, 0.5) is 8.78 Å². The first-order chi connectivity index (χ1) is 9.24. The molecule has 0 aliphatic carbocycles. The van der Waals surface area contributed by atoms with Crippen LogP contribution >= 0.6 is 0 Å². The molecule has 0 aliphatic rings. The van der Waals surface area contributed by atoms with E-state index < -0.39 is 11.6 Å². The van der Waals surface area contributed by atoms with E-state index in [1.807, 2.05) is 6.92 Å². The summed E-state index contributed by atoms with van der Waals surface area (Å²) in [6.07, 6.45) is 1.87. The van der Waals surface area contributed by atoms with Crippen LogP contribution in [0.5, 0.6) is 0 Å². The largest absolute Gasteiger partial charge is 0.310 e. The first kappa shape index (κ1) is 17.1. The van der Waals surface area contributed by atoms with Crippen molar-refractivity contribution in [2.24, 2.45) is 11.3 Å². The monoisotopic (exact) mass is 283 g/mol. The molecule has 0 radical (unpaired) electrons. The van der Waals surface area contributed by atoms with E-state index in [0.717, 1.165) is 19.4 Å². The van der Waals surface area contributed by atoms with Crippen LogP contribution in [0.2, 0.25) is 0 Å². The average molecular weight is 283 g/mol. The molecule has 0 saturated heterocycles. The van der Waals surface area contributed by atoms with Crippen LogP contribution in [0.1, 0.15) is 59.1 Å². The van der Waals surface area contributed by atoms with Crippen molar-refractivity contribution < 1.29 is 8.78 Å². The molecule has 3 heteroatoms. The number of nitrogens with one attached hydrogen (secondary N) is 1. The van der Waals surface area contributed by atoms with Crippen molar-refractivity contribution in [3.8, 4) is 0 Å². The Kier molecular flexibility index (Phi) is 6.12. The summed E-state index contributed by atoms with van der Waals surface area (Å²) in [4.78, 5) is 0. The molecule has 0 amide bonds. The van der Waals surface area contributed by atoms with Gasteiger partial charge in [0.15, 0.2) is 11.6 Å². The molecule has 20 heavy (non-hydrogen) atoms. The Labute approximate surface area is 121 Å². The molecule has 0 aliphatic heterocycles. The quantitative estimate of drug-likeness (QED) is 0.768. The smallest absolute Gasteiger partial charge is 0.163 e. The summed E-state index contributed by atoms with van der Waals surface area (Å²) >= 11 is 0. The first-order valence-electron chi connectivity index (χ1n) is 7.42. The van der Waals surface area contributed by atoms with Crippen LogP contribution in [0.3, 0.4) is 0 Å². The zero-order valence-corrected chi connectivity index (χ0v) is 13.3. The van der Waals surface area contributed by atoms with Crippen LogP contribution in [0.25, 0.3) is 0 Å². The molecule has 114 valence electrons. The molecule has 0 fully saturated rings. The number of hydrogen-bond donors (Lipinski definition) is 1. The highest BCUT2D eigenvalue weighted by molar-refractivity contribution is 5.22. The van der Waals surface area contributed by atoms with E-state index in [-0.39, 0.29) is 11.5 Å². The maximum Gasteiger partial charge on any atom is 0.163 e. The molecule has 2 unspecified atom stereocenters. The minimum atomic E-state index is -0.770. The number of halogens is 2. The number of hydrogen-bond acceptors (Lipinski definition) is 1. The van der Waals surface area contributed by atoms with Gasteiger partial charge in [-0.3, -0.25) is 0 Å². The van der Waals surface area contributed by atoms with Gasteiger partial charge in [-0.25, -0.2) is 8.78 Å².